The molecule has 4 heterocycles. The molecule has 0 amide bonds. The second kappa shape index (κ2) is 11.5. The Morgan fingerprint density at radius 1 is 0.540 bits per heavy atom. The average molecular weight is 644 g/mol. The summed E-state index contributed by atoms with van der Waals surface area (Å²) in [5.74, 6) is 1.17. The topological polar surface area (TPSA) is 75.1 Å². The van der Waals surface area contributed by atoms with Crippen LogP contribution in [-0.4, -0.2) is 26.5 Å². The standard InChI is InChI=1S/C43H29N7/c1-4-14-28(15-5-1)40-46-41(29-16-6-2-7-17-29)48-42(47-40)35-24-25-44-43(45-35)50-37-23-13-11-21-32(37)34-26-33-31-20-10-12-22-36(31)49(38(33)27-39(34)50)30-18-8-3-9-19-30/h1-27,40,43H/q-2. The Hall–Kier alpha value is -6.73. The average Bonchev–Trinajstić information content (AvgIpc) is 3.70. The van der Waals surface area contributed by atoms with Crippen LogP contribution in [-0.2, 0) is 0 Å². The zero-order valence-electron chi connectivity index (χ0n) is 26.9. The van der Waals surface area contributed by atoms with E-state index in [1.807, 2.05) is 72.9 Å². The van der Waals surface area contributed by atoms with Crippen LogP contribution in [0.4, 0.5) is 0 Å². The molecule has 2 aliphatic heterocycles. The largest absolute Gasteiger partial charge is 0.652 e. The quantitative estimate of drug-likeness (QED) is 0.179. The first kappa shape index (κ1) is 28.3. The summed E-state index contributed by atoms with van der Waals surface area (Å²) in [5.41, 5.74) is 8.13. The Balaban J connectivity index is 1.17. The first-order chi connectivity index (χ1) is 24.8. The molecule has 2 atom stereocenters. The highest BCUT2D eigenvalue weighted by Crippen LogP contribution is 2.41. The number of hydrogen-bond donors (Lipinski definition) is 0. The Morgan fingerprint density at radius 2 is 1.18 bits per heavy atom. The van der Waals surface area contributed by atoms with Gasteiger partial charge < -0.3 is 24.8 Å². The van der Waals surface area contributed by atoms with Crippen LogP contribution in [0.25, 0.3) is 59.9 Å². The zero-order valence-corrected chi connectivity index (χ0v) is 26.9. The molecule has 0 aliphatic carbocycles. The van der Waals surface area contributed by atoms with E-state index < -0.39 is 12.5 Å². The summed E-state index contributed by atoms with van der Waals surface area (Å²) < 4.78 is 4.59. The van der Waals surface area contributed by atoms with Crippen LogP contribution >= 0.6 is 0 Å². The van der Waals surface area contributed by atoms with E-state index in [2.05, 4.69) is 100 Å². The van der Waals surface area contributed by atoms with Crippen molar-refractivity contribution >= 4 is 61.0 Å². The van der Waals surface area contributed by atoms with Crippen LogP contribution in [0.5, 0.6) is 0 Å². The highest BCUT2D eigenvalue weighted by Gasteiger charge is 2.20. The third kappa shape index (κ3) is 4.55. The zero-order chi connectivity index (χ0) is 33.0. The molecular weight excluding hydrogens is 615 g/mol. The van der Waals surface area contributed by atoms with Crippen LogP contribution < -0.4 is 0 Å². The smallest absolute Gasteiger partial charge is 0.0822 e. The van der Waals surface area contributed by atoms with Crippen molar-refractivity contribution in [2.45, 2.75) is 12.5 Å². The van der Waals surface area contributed by atoms with Crippen LogP contribution in [0, 0.1) is 0 Å². The second-order valence-corrected chi connectivity index (χ2v) is 12.5. The fraction of sp³-hybridized carbons (Fsp3) is 0.0465. The fourth-order valence-corrected chi connectivity index (χ4v) is 7.26. The number of fused-ring (bicyclic) bond motifs is 6. The third-order valence-corrected chi connectivity index (χ3v) is 9.51. The lowest BCUT2D eigenvalue weighted by molar-refractivity contribution is 0.655. The molecule has 2 aliphatic rings. The summed E-state index contributed by atoms with van der Waals surface area (Å²) >= 11 is 0. The molecule has 0 bridgehead atoms. The van der Waals surface area contributed by atoms with Gasteiger partial charge in [0, 0.05) is 32.7 Å². The molecule has 2 unspecified atom stereocenters. The maximum atomic E-state index is 5.25. The van der Waals surface area contributed by atoms with Gasteiger partial charge >= 0.3 is 0 Å². The Labute approximate surface area is 288 Å². The number of rotatable bonds is 5. The molecule has 8 aromatic rings. The molecule has 6 aromatic carbocycles. The van der Waals surface area contributed by atoms with E-state index in [1.54, 1.807) is 0 Å². The van der Waals surface area contributed by atoms with Gasteiger partial charge in [0.15, 0.2) is 0 Å². The van der Waals surface area contributed by atoms with Crippen LogP contribution in [0.3, 0.4) is 0 Å². The number of para-hydroxylation sites is 3. The summed E-state index contributed by atoms with van der Waals surface area (Å²) in [6, 6.07) is 52.5. The van der Waals surface area contributed by atoms with Gasteiger partial charge in [0.25, 0.3) is 0 Å². The third-order valence-electron chi connectivity index (χ3n) is 9.51. The maximum Gasteiger partial charge on any atom is 0.0822 e. The van der Waals surface area contributed by atoms with Crippen LogP contribution in [0.2, 0.25) is 0 Å². The summed E-state index contributed by atoms with van der Waals surface area (Å²) in [4.78, 5) is 15.2. The summed E-state index contributed by atoms with van der Waals surface area (Å²) in [6.07, 6.45) is 2.73. The van der Waals surface area contributed by atoms with Gasteiger partial charge in [-0.05, 0) is 47.5 Å². The highest BCUT2D eigenvalue weighted by molar-refractivity contribution is 6.48. The fourth-order valence-electron chi connectivity index (χ4n) is 7.26. The van der Waals surface area contributed by atoms with Crippen molar-refractivity contribution in [2.24, 2.45) is 15.0 Å². The van der Waals surface area contributed by atoms with Gasteiger partial charge in [-0.15, -0.1) is 0 Å². The van der Waals surface area contributed by atoms with E-state index in [9.17, 15) is 0 Å². The molecule has 2 aromatic heterocycles. The van der Waals surface area contributed by atoms with Gasteiger partial charge in [-0.1, -0.05) is 127 Å². The predicted octanol–water partition coefficient (Wildman–Crippen LogP) is 10.6. The molecule has 0 fully saturated rings. The first-order valence-corrected chi connectivity index (χ1v) is 16.7. The van der Waals surface area contributed by atoms with E-state index in [0.29, 0.717) is 17.4 Å². The summed E-state index contributed by atoms with van der Waals surface area (Å²) in [7, 11) is 0. The lowest BCUT2D eigenvalue weighted by atomic mass is 10.1. The van der Waals surface area contributed by atoms with Gasteiger partial charge in [-0.3, -0.25) is 9.98 Å². The van der Waals surface area contributed by atoms with Gasteiger partial charge in [0.2, 0.25) is 0 Å². The first-order valence-electron chi connectivity index (χ1n) is 16.7. The lowest BCUT2D eigenvalue weighted by Gasteiger charge is -2.36. The molecule has 0 N–H and O–H groups in total. The predicted molar refractivity (Wildman–Crippen MR) is 206 cm³/mol. The molecule has 50 heavy (non-hydrogen) atoms. The SMILES string of the molecule is C1=CC(C2=NC(c3ccccc3)[N-]C(c3ccccc3)=N2)=NC(n2c3ccccc3c3cc4c5ccccc5n(-c5ccccc5)c4cc32)[N-]1. The van der Waals surface area contributed by atoms with Crippen molar-refractivity contribution in [3.8, 4) is 5.69 Å². The summed E-state index contributed by atoms with van der Waals surface area (Å²) in [5, 5.41) is 14.6. The number of benzene rings is 6. The highest BCUT2D eigenvalue weighted by atomic mass is 15.3. The van der Waals surface area contributed by atoms with E-state index in [4.69, 9.17) is 25.6 Å². The van der Waals surface area contributed by atoms with Gasteiger partial charge in [0.05, 0.1) is 40.6 Å². The normalized spacial score (nSPS) is 17.4. The Kier molecular flexibility index (Phi) is 6.48. The van der Waals surface area contributed by atoms with Gasteiger partial charge in [-0.25, -0.2) is 0 Å². The second-order valence-electron chi connectivity index (χ2n) is 12.5. The molecule has 7 nitrogen and oxygen atoms in total. The van der Waals surface area contributed by atoms with Crippen molar-refractivity contribution in [3.05, 3.63) is 186 Å². The van der Waals surface area contributed by atoms with Crippen molar-refractivity contribution in [1.82, 2.24) is 9.13 Å². The number of amidine groups is 2. The molecule has 0 radical (unpaired) electrons. The van der Waals surface area contributed by atoms with Gasteiger partial charge in [0.1, 0.15) is 0 Å². The van der Waals surface area contributed by atoms with E-state index in [-0.39, 0.29) is 0 Å². The number of nitrogens with zero attached hydrogens (tertiary/aromatic N) is 7. The Morgan fingerprint density at radius 3 is 1.96 bits per heavy atom. The van der Waals surface area contributed by atoms with Crippen molar-refractivity contribution in [1.29, 1.82) is 0 Å². The number of aliphatic imine (C=N–C) groups is 3. The molecule has 0 spiro atoms. The molecule has 7 heteroatoms. The number of aromatic nitrogens is 2. The maximum absolute atomic E-state index is 5.25. The van der Waals surface area contributed by atoms with Crippen molar-refractivity contribution < 1.29 is 0 Å². The van der Waals surface area contributed by atoms with Crippen LogP contribution in [0.15, 0.2) is 179 Å². The lowest BCUT2D eigenvalue weighted by Crippen LogP contribution is -2.23. The monoisotopic (exact) mass is 643 g/mol. The minimum Gasteiger partial charge on any atom is -0.652 e. The van der Waals surface area contributed by atoms with Crippen LogP contribution in [0.1, 0.15) is 23.6 Å². The van der Waals surface area contributed by atoms with E-state index in [0.717, 1.165) is 44.1 Å². The Bertz CT molecular complexity index is 2700. The molecule has 10 rings (SSSR count). The molecule has 238 valence electrons. The minimum atomic E-state index is -0.559. The minimum absolute atomic E-state index is 0.436. The number of hydrogen-bond acceptors (Lipinski definition) is 3. The molecular formula is C43H29N7-2. The van der Waals surface area contributed by atoms with Crippen molar-refractivity contribution in [2.75, 3.05) is 0 Å². The van der Waals surface area contributed by atoms with E-state index in [1.165, 1.54) is 16.3 Å². The van der Waals surface area contributed by atoms with Gasteiger partial charge in [-0.2, -0.15) is 6.20 Å². The van der Waals surface area contributed by atoms with E-state index >= 15 is 0 Å². The molecule has 0 saturated heterocycles. The molecule has 0 saturated carbocycles. The van der Waals surface area contributed by atoms with Crippen molar-refractivity contribution in [3.63, 3.8) is 0 Å². The summed E-state index contributed by atoms with van der Waals surface area (Å²) in [6.45, 7) is 0.